The van der Waals surface area contributed by atoms with Gasteiger partial charge in [0.05, 0.1) is 19.7 Å². The van der Waals surface area contributed by atoms with Crippen molar-refractivity contribution < 1.29 is 14.3 Å². The van der Waals surface area contributed by atoms with Gasteiger partial charge < -0.3 is 19.4 Å². The van der Waals surface area contributed by atoms with Gasteiger partial charge in [-0.25, -0.2) is 0 Å². The number of methoxy groups -OCH3 is 2. The summed E-state index contributed by atoms with van der Waals surface area (Å²) in [5, 5.41) is 0.925. The highest BCUT2D eigenvalue weighted by Crippen LogP contribution is 2.31. The topological polar surface area (TPSA) is 54.6 Å². The fourth-order valence-electron chi connectivity index (χ4n) is 3.02. The van der Waals surface area contributed by atoms with Crippen LogP contribution in [0, 0.1) is 0 Å². The third kappa shape index (κ3) is 2.75. The number of likely N-dealkylation sites (tertiary alicyclic amines) is 1. The number of aromatic nitrogens is 1. The second kappa shape index (κ2) is 6.30. The van der Waals surface area contributed by atoms with E-state index in [9.17, 15) is 4.79 Å². The number of carbonyl (C=O) groups is 1. The molecule has 0 atom stereocenters. The number of hydrogen-bond acceptors (Lipinski definition) is 3. The van der Waals surface area contributed by atoms with Gasteiger partial charge in [0.15, 0.2) is 0 Å². The predicted molar refractivity (Wildman–Crippen MR) is 85.8 cm³/mol. The van der Waals surface area contributed by atoms with Gasteiger partial charge in [-0.2, -0.15) is 0 Å². The molecule has 1 aromatic carbocycles. The van der Waals surface area contributed by atoms with Crippen LogP contribution < -0.4 is 9.47 Å². The van der Waals surface area contributed by atoms with Gasteiger partial charge >= 0.3 is 0 Å². The SMILES string of the molecule is COc1cc(OC)c2[nH]c(C(=O)N3CCCCCC3)cc2c1. The Labute approximate surface area is 130 Å². The molecule has 3 rings (SSSR count). The van der Waals surface area contributed by atoms with Crippen LogP contribution in [0.1, 0.15) is 36.2 Å². The monoisotopic (exact) mass is 302 g/mol. The number of ether oxygens (including phenoxy) is 2. The number of H-pyrrole nitrogens is 1. The van der Waals surface area contributed by atoms with Crippen molar-refractivity contribution in [2.75, 3.05) is 27.3 Å². The van der Waals surface area contributed by atoms with E-state index in [4.69, 9.17) is 9.47 Å². The standard InChI is InChI=1S/C17H22N2O3/c1-21-13-9-12-10-14(18-16(12)15(11-13)22-2)17(20)19-7-5-3-4-6-8-19/h9-11,18H,3-8H2,1-2H3. The lowest BCUT2D eigenvalue weighted by molar-refractivity contribution is 0.0756. The van der Waals surface area contributed by atoms with E-state index < -0.39 is 0 Å². The highest BCUT2D eigenvalue weighted by Gasteiger charge is 2.20. The Hall–Kier alpha value is -2.17. The first kappa shape index (κ1) is 14.8. The smallest absolute Gasteiger partial charge is 0.270 e. The number of carbonyl (C=O) groups excluding carboxylic acids is 1. The molecule has 1 saturated heterocycles. The first-order valence-corrected chi connectivity index (χ1v) is 7.77. The van der Waals surface area contributed by atoms with Crippen LogP contribution in [0.2, 0.25) is 0 Å². The number of benzene rings is 1. The van der Waals surface area contributed by atoms with Crippen molar-refractivity contribution >= 4 is 16.8 Å². The van der Waals surface area contributed by atoms with Crippen molar-refractivity contribution in [3.63, 3.8) is 0 Å². The molecule has 1 fully saturated rings. The van der Waals surface area contributed by atoms with Crippen molar-refractivity contribution in [1.82, 2.24) is 9.88 Å². The minimum absolute atomic E-state index is 0.0686. The number of aromatic amines is 1. The molecule has 0 saturated carbocycles. The van der Waals surface area contributed by atoms with Crippen LogP contribution in [0.15, 0.2) is 18.2 Å². The first-order chi connectivity index (χ1) is 10.7. The average Bonchev–Trinajstić information content (AvgIpc) is 2.79. The van der Waals surface area contributed by atoms with Gasteiger partial charge in [0.1, 0.15) is 17.2 Å². The van der Waals surface area contributed by atoms with E-state index >= 15 is 0 Å². The summed E-state index contributed by atoms with van der Waals surface area (Å²) in [4.78, 5) is 17.9. The molecule has 5 heteroatoms. The molecule has 1 aromatic heterocycles. The molecule has 1 amide bonds. The lowest BCUT2D eigenvalue weighted by Crippen LogP contribution is -2.32. The molecule has 0 radical (unpaired) electrons. The van der Waals surface area contributed by atoms with Crippen LogP contribution in [0.4, 0.5) is 0 Å². The second-order valence-electron chi connectivity index (χ2n) is 5.68. The van der Waals surface area contributed by atoms with E-state index in [1.54, 1.807) is 14.2 Å². The van der Waals surface area contributed by atoms with Crippen molar-refractivity contribution in [2.45, 2.75) is 25.7 Å². The molecule has 2 aromatic rings. The van der Waals surface area contributed by atoms with E-state index in [1.165, 1.54) is 12.8 Å². The van der Waals surface area contributed by atoms with Gasteiger partial charge in [-0.15, -0.1) is 0 Å². The molecule has 5 nitrogen and oxygen atoms in total. The van der Waals surface area contributed by atoms with Crippen LogP contribution >= 0.6 is 0 Å². The molecule has 22 heavy (non-hydrogen) atoms. The maximum Gasteiger partial charge on any atom is 0.270 e. The summed E-state index contributed by atoms with van der Waals surface area (Å²) >= 11 is 0. The number of hydrogen-bond donors (Lipinski definition) is 1. The van der Waals surface area contributed by atoms with E-state index in [1.807, 2.05) is 23.1 Å². The van der Waals surface area contributed by atoms with E-state index in [-0.39, 0.29) is 5.91 Å². The highest BCUT2D eigenvalue weighted by atomic mass is 16.5. The lowest BCUT2D eigenvalue weighted by Gasteiger charge is -2.19. The molecule has 1 N–H and O–H groups in total. The Morgan fingerprint density at radius 3 is 2.41 bits per heavy atom. The summed E-state index contributed by atoms with van der Waals surface area (Å²) < 4.78 is 10.7. The average molecular weight is 302 g/mol. The number of rotatable bonds is 3. The lowest BCUT2D eigenvalue weighted by atomic mass is 10.2. The molecule has 0 spiro atoms. The Balaban J connectivity index is 1.95. The summed E-state index contributed by atoms with van der Waals surface area (Å²) in [6.07, 6.45) is 4.59. The maximum atomic E-state index is 12.7. The summed E-state index contributed by atoms with van der Waals surface area (Å²) in [6.45, 7) is 1.68. The molecule has 0 unspecified atom stereocenters. The number of nitrogens with one attached hydrogen (secondary N) is 1. The van der Waals surface area contributed by atoms with E-state index in [2.05, 4.69) is 4.98 Å². The largest absolute Gasteiger partial charge is 0.497 e. The van der Waals surface area contributed by atoms with Crippen LogP contribution in [0.3, 0.4) is 0 Å². The Kier molecular flexibility index (Phi) is 4.22. The fourth-order valence-corrected chi connectivity index (χ4v) is 3.02. The number of amides is 1. The van der Waals surface area contributed by atoms with Crippen LogP contribution in [0.5, 0.6) is 11.5 Å². The second-order valence-corrected chi connectivity index (χ2v) is 5.68. The summed E-state index contributed by atoms with van der Waals surface area (Å²) in [7, 11) is 3.24. The fraction of sp³-hybridized carbons (Fsp3) is 0.471. The third-order valence-electron chi connectivity index (χ3n) is 4.24. The van der Waals surface area contributed by atoms with Gasteiger partial charge in [0.2, 0.25) is 0 Å². The summed E-state index contributed by atoms with van der Waals surface area (Å²) in [6, 6.07) is 5.61. The third-order valence-corrected chi connectivity index (χ3v) is 4.24. The normalized spacial score (nSPS) is 15.6. The molecule has 1 aliphatic heterocycles. The quantitative estimate of drug-likeness (QED) is 0.947. The highest BCUT2D eigenvalue weighted by molar-refractivity contribution is 5.99. The van der Waals surface area contributed by atoms with Crippen molar-refractivity contribution in [2.24, 2.45) is 0 Å². The molecule has 1 aliphatic rings. The van der Waals surface area contributed by atoms with Gasteiger partial charge in [-0.3, -0.25) is 4.79 Å². The Bertz CT molecular complexity index is 670. The van der Waals surface area contributed by atoms with E-state index in [0.717, 1.165) is 42.6 Å². The zero-order valence-corrected chi connectivity index (χ0v) is 13.1. The van der Waals surface area contributed by atoms with Crippen LogP contribution in [-0.2, 0) is 0 Å². The number of fused-ring (bicyclic) bond motifs is 1. The number of nitrogens with zero attached hydrogens (tertiary/aromatic N) is 1. The summed E-state index contributed by atoms with van der Waals surface area (Å²) in [5.74, 6) is 1.47. The van der Waals surface area contributed by atoms with Crippen molar-refractivity contribution in [1.29, 1.82) is 0 Å². The molecule has 2 heterocycles. The van der Waals surface area contributed by atoms with Gasteiger partial charge in [-0.05, 0) is 25.0 Å². The Morgan fingerprint density at radius 2 is 1.77 bits per heavy atom. The zero-order valence-electron chi connectivity index (χ0n) is 13.1. The van der Waals surface area contributed by atoms with Crippen LogP contribution in [-0.4, -0.2) is 43.1 Å². The van der Waals surface area contributed by atoms with Gasteiger partial charge in [0, 0.05) is 24.5 Å². The van der Waals surface area contributed by atoms with E-state index in [0.29, 0.717) is 11.4 Å². The molecule has 0 bridgehead atoms. The minimum Gasteiger partial charge on any atom is -0.497 e. The van der Waals surface area contributed by atoms with Crippen molar-refractivity contribution in [3.8, 4) is 11.5 Å². The van der Waals surface area contributed by atoms with Gasteiger partial charge in [0.25, 0.3) is 5.91 Å². The molecular formula is C17H22N2O3. The minimum atomic E-state index is 0.0686. The van der Waals surface area contributed by atoms with Gasteiger partial charge in [-0.1, -0.05) is 12.8 Å². The molecule has 0 aliphatic carbocycles. The predicted octanol–water partition coefficient (Wildman–Crippen LogP) is 3.20. The zero-order chi connectivity index (χ0) is 15.5. The maximum absolute atomic E-state index is 12.7. The first-order valence-electron chi connectivity index (χ1n) is 7.77. The van der Waals surface area contributed by atoms with Crippen molar-refractivity contribution in [3.05, 3.63) is 23.9 Å². The Morgan fingerprint density at radius 1 is 1.05 bits per heavy atom. The molecular weight excluding hydrogens is 280 g/mol. The summed E-state index contributed by atoms with van der Waals surface area (Å²) in [5.41, 5.74) is 1.45. The molecule has 118 valence electrons. The van der Waals surface area contributed by atoms with Crippen LogP contribution in [0.25, 0.3) is 10.9 Å².